The van der Waals surface area contributed by atoms with Crippen molar-refractivity contribution in [2.45, 2.75) is 6.61 Å². The van der Waals surface area contributed by atoms with Crippen LogP contribution < -0.4 is 16.2 Å². The van der Waals surface area contributed by atoms with Gasteiger partial charge in [-0.05, 0) is 29.8 Å². The normalized spacial score (nSPS) is 10.6. The molecule has 0 aliphatic carbocycles. The standard InChI is InChI=1S/C15H14Cl2N4O/c16-13-5-2-6-14(17)12(13)9-22-11-4-1-3-10(7-11)8-20-21-15(18)19/h1-8H,9H2,(H4,18,19,21)/b20-8+. The molecular formula is C15H14Cl2N4O. The smallest absolute Gasteiger partial charge is 0.211 e. The van der Waals surface area contributed by atoms with Crippen molar-refractivity contribution in [1.29, 1.82) is 0 Å². The predicted octanol–water partition coefficient (Wildman–Crippen LogP) is 3.18. The van der Waals surface area contributed by atoms with Crippen molar-refractivity contribution in [1.82, 2.24) is 0 Å². The first-order valence-electron chi connectivity index (χ1n) is 6.34. The number of benzene rings is 2. The highest BCUT2D eigenvalue weighted by molar-refractivity contribution is 6.35. The lowest BCUT2D eigenvalue weighted by Crippen LogP contribution is -2.21. The zero-order valence-electron chi connectivity index (χ0n) is 11.5. The maximum Gasteiger partial charge on any atom is 0.211 e. The number of guanidine groups is 1. The Morgan fingerprint density at radius 3 is 2.45 bits per heavy atom. The maximum atomic E-state index is 6.10. The number of halogens is 2. The van der Waals surface area contributed by atoms with Gasteiger partial charge in [0.05, 0.1) is 6.21 Å². The molecule has 7 heteroatoms. The third-order valence-electron chi connectivity index (χ3n) is 2.68. The Morgan fingerprint density at radius 2 is 1.77 bits per heavy atom. The Kier molecular flexibility index (Phi) is 5.63. The summed E-state index contributed by atoms with van der Waals surface area (Å²) in [6.07, 6.45) is 1.52. The molecule has 0 aliphatic heterocycles. The highest BCUT2D eigenvalue weighted by Crippen LogP contribution is 2.25. The van der Waals surface area contributed by atoms with Crippen LogP contribution >= 0.6 is 23.2 Å². The summed E-state index contributed by atoms with van der Waals surface area (Å²) >= 11 is 12.2. The SMILES string of the molecule is NC(N)=N/N=C/c1cccc(OCc2c(Cl)cccc2Cl)c1. The van der Waals surface area contributed by atoms with Crippen LogP contribution in [0.25, 0.3) is 0 Å². The maximum absolute atomic E-state index is 6.10. The molecule has 5 nitrogen and oxygen atoms in total. The highest BCUT2D eigenvalue weighted by atomic mass is 35.5. The van der Waals surface area contributed by atoms with Crippen LogP contribution in [0.2, 0.25) is 10.0 Å². The van der Waals surface area contributed by atoms with E-state index in [0.717, 1.165) is 11.1 Å². The number of hydrogen-bond donors (Lipinski definition) is 2. The van der Waals surface area contributed by atoms with Gasteiger partial charge in [0.25, 0.3) is 0 Å². The van der Waals surface area contributed by atoms with E-state index < -0.39 is 0 Å². The van der Waals surface area contributed by atoms with E-state index in [1.807, 2.05) is 18.2 Å². The molecule has 0 saturated carbocycles. The van der Waals surface area contributed by atoms with Crippen molar-refractivity contribution >= 4 is 35.4 Å². The number of nitrogens with zero attached hydrogens (tertiary/aromatic N) is 2. The van der Waals surface area contributed by atoms with Gasteiger partial charge < -0.3 is 16.2 Å². The van der Waals surface area contributed by atoms with Crippen LogP contribution in [0.15, 0.2) is 52.7 Å². The Balaban J connectivity index is 2.08. The second-order valence-electron chi connectivity index (χ2n) is 4.33. The second-order valence-corrected chi connectivity index (χ2v) is 5.15. The van der Waals surface area contributed by atoms with Crippen molar-refractivity contribution in [3.63, 3.8) is 0 Å². The lowest BCUT2D eigenvalue weighted by atomic mass is 10.2. The van der Waals surface area contributed by atoms with Gasteiger partial charge in [-0.25, -0.2) is 0 Å². The third-order valence-corrected chi connectivity index (χ3v) is 3.39. The summed E-state index contributed by atoms with van der Waals surface area (Å²) in [5.74, 6) is 0.557. The number of rotatable bonds is 5. The Hall–Kier alpha value is -2.24. The van der Waals surface area contributed by atoms with E-state index in [1.165, 1.54) is 6.21 Å². The molecule has 0 amide bonds. The summed E-state index contributed by atoms with van der Waals surface area (Å²) in [5.41, 5.74) is 11.9. The zero-order chi connectivity index (χ0) is 15.9. The van der Waals surface area contributed by atoms with Gasteiger partial charge in [-0.1, -0.05) is 41.4 Å². The van der Waals surface area contributed by atoms with Gasteiger partial charge >= 0.3 is 0 Å². The summed E-state index contributed by atoms with van der Waals surface area (Å²) in [5, 5.41) is 8.41. The molecule has 2 aromatic rings. The van der Waals surface area contributed by atoms with E-state index >= 15 is 0 Å². The van der Waals surface area contributed by atoms with Crippen molar-refractivity contribution in [2.75, 3.05) is 0 Å². The van der Waals surface area contributed by atoms with Gasteiger partial charge in [-0.2, -0.15) is 5.10 Å². The van der Waals surface area contributed by atoms with Gasteiger partial charge in [-0.15, -0.1) is 5.10 Å². The summed E-state index contributed by atoms with van der Waals surface area (Å²) in [6.45, 7) is 0.271. The fraction of sp³-hybridized carbons (Fsp3) is 0.0667. The molecule has 0 atom stereocenters. The van der Waals surface area contributed by atoms with Gasteiger partial charge in [0, 0.05) is 15.6 Å². The first-order chi connectivity index (χ1) is 10.6. The third kappa shape index (κ3) is 4.65. The largest absolute Gasteiger partial charge is 0.489 e. The Morgan fingerprint density at radius 1 is 1.09 bits per heavy atom. The topological polar surface area (TPSA) is 86.0 Å². The first kappa shape index (κ1) is 16.1. The van der Waals surface area contributed by atoms with Crippen LogP contribution in [-0.4, -0.2) is 12.2 Å². The summed E-state index contributed by atoms with van der Waals surface area (Å²) in [6, 6.07) is 12.6. The van der Waals surface area contributed by atoms with Crippen LogP contribution in [0.5, 0.6) is 5.75 Å². The molecule has 0 aliphatic rings. The average molecular weight is 337 g/mol. The quantitative estimate of drug-likeness (QED) is 0.499. The van der Waals surface area contributed by atoms with Crippen LogP contribution in [0.1, 0.15) is 11.1 Å². The van der Waals surface area contributed by atoms with Crippen LogP contribution in [-0.2, 0) is 6.61 Å². The molecule has 0 saturated heterocycles. The van der Waals surface area contributed by atoms with Gasteiger partial charge in [0.1, 0.15) is 12.4 Å². The minimum absolute atomic E-state index is 0.1000. The van der Waals surface area contributed by atoms with Crippen LogP contribution in [0.4, 0.5) is 0 Å². The molecule has 2 aromatic carbocycles. The van der Waals surface area contributed by atoms with Crippen LogP contribution in [0, 0.1) is 0 Å². The number of nitrogens with two attached hydrogens (primary N) is 2. The Bertz CT molecular complexity index is 692. The Labute approximate surface area is 138 Å². The molecule has 0 aromatic heterocycles. The molecule has 0 radical (unpaired) electrons. The molecule has 0 spiro atoms. The highest BCUT2D eigenvalue weighted by Gasteiger charge is 2.06. The summed E-state index contributed by atoms with van der Waals surface area (Å²) in [7, 11) is 0. The molecule has 4 N–H and O–H groups in total. The van der Waals surface area contributed by atoms with E-state index in [-0.39, 0.29) is 12.6 Å². The van der Waals surface area contributed by atoms with E-state index in [1.54, 1.807) is 24.3 Å². The molecule has 0 unspecified atom stereocenters. The van der Waals surface area contributed by atoms with Crippen molar-refractivity contribution < 1.29 is 4.74 Å². The zero-order valence-corrected chi connectivity index (χ0v) is 13.1. The molecular weight excluding hydrogens is 323 g/mol. The lowest BCUT2D eigenvalue weighted by Gasteiger charge is -2.09. The van der Waals surface area contributed by atoms with E-state index in [4.69, 9.17) is 39.4 Å². The first-order valence-corrected chi connectivity index (χ1v) is 7.09. The number of hydrogen-bond acceptors (Lipinski definition) is 3. The van der Waals surface area contributed by atoms with Gasteiger partial charge in [0.15, 0.2) is 0 Å². The molecule has 114 valence electrons. The minimum Gasteiger partial charge on any atom is -0.489 e. The predicted molar refractivity (Wildman–Crippen MR) is 90.6 cm³/mol. The van der Waals surface area contributed by atoms with Gasteiger partial charge in [0.2, 0.25) is 5.96 Å². The van der Waals surface area contributed by atoms with Crippen molar-refractivity contribution in [3.8, 4) is 5.75 Å². The molecule has 0 fully saturated rings. The number of ether oxygens (including phenoxy) is 1. The van der Waals surface area contributed by atoms with Crippen LogP contribution in [0.3, 0.4) is 0 Å². The second kappa shape index (κ2) is 7.68. The molecule has 0 heterocycles. The fourth-order valence-electron chi connectivity index (χ4n) is 1.67. The van der Waals surface area contributed by atoms with Crippen molar-refractivity contribution in [3.05, 3.63) is 63.6 Å². The molecule has 2 rings (SSSR count). The average Bonchev–Trinajstić information content (AvgIpc) is 2.47. The summed E-state index contributed by atoms with van der Waals surface area (Å²) < 4.78 is 5.71. The minimum atomic E-state index is -0.1000. The molecule has 22 heavy (non-hydrogen) atoms. The van der Waals surface area contributed by atoms with Gasteiger partial charge in [-0.3, -0.25) is 0 Å². The van der Waals surface area contributed by atoms with E-state index in [9.17, 15) is 0 Å². The van der Waals surface area contributed by atoms with Crippen molar-refractivity contribution in [2.24, 2.45) is 21.7 Å². The van der Waals surface area contributed by atoms with E-state index in [0.29, 0.717) is 15.8 Å². The molecule has 0 bridgehead atoms. The monoisotopic (exact) mass is 336 g/mol. The van der Waals surface area contributed by atoms with E-state index in [2.05, 4.69) is 10.2 Å². The lowest BCUT2D eigenvalue weighted by molar-refractivity contribution is 0.306. The fourth-order valence-corrected chi connectivity index (χ4v) is 2.18. The summed E-state index contributed by atoms with van der Waals surface area (Å²) in [4.78, 5) is 0.